The maximum atomic E-state index is 11.0. The van der Waals surface area contributed by atoms with Crippen LogP contribution in [-0.2, 0) is 0 Å². The minimum atomic E-state index is -0.430. The Labute approximate surface area is 88.1 Å². The molecule has 1 aromatic carbocycles. The number of phenolic OH excluding ortho intramolecular Hbond substituents is 2. The Kier molecular flexibility index (Phi) is 3.19. The Bertz CT molecular complexity index is 382. The molecular weight excluding hydrogens is 196 g/mol. The summed E-state index contributed by atoms with van der Waals surface area (Å²) < 4.78 is 5.24. The van der Waals surface area contributed by atoms with Crippen molar-refractivity contribution in [3.8, 4) is 17.2 Å². The molecule has 1 aromatic rings. The van der Waals surface area contributed by atoms with E-state index in [0.717, 1.165) is 0 Å². The van der Waals surface area contributed by atoms with E-state index in [0.29, 0.717) is 0 Å². The van der Waals surface area contributed by atoms with Crippen LogP contribution in [0.25, 0.3) is 0 Å². The molecule has 1 rings (SSSR count). The summed E-state index contributed by atoms with van der Waals surface area (Å²) >= 11 is 0. The third-order valence-electron chi connectivity index (χ3n) is 1.86. The summed E-state index contributed by atoms with van der Waals surface area (Å²) in [5.41, 5.74) is 0.0867. The van der Waals surface area contributed by atoms with E-state index in [4.69, 9.17) is 4.74 Å². The van der Waals surface area contributed by atoms with Crippen molar-refractivity contribution < 1.29 is 19.7 Å². The number of phenols is 2. The Hall–Kier alpha value is -1.71. The zero-order valence-corrected chi connectivity index (χ0v) is 8.94. The molecule has 0 fully saturated rings. The second-order valence-corrected chi connectivity index (χ2v) is 3.53. The number of ketones is 1. The number of ether oxygens (including phenoxy) is 1. The van der Waals surface area contributed by atoms with Crippen LogP contribution in [0.2, 0.25) is 0 Å². The fourth-order valence-corrected chi connectivity index (χ4v) is 1.19. The second-order valence-electron chi connectivity index (χ2n) is 3.53. The lowest BCUT2D eigenvalue weighted by Crippen LogP contribution is -2.06. The van der Waals surface area contributed by atoms with Gasteiger partial charge in [0.25, 0.3) is 0 Å². The summed E-state index contributed by atoms with van der Waals surface area (Å²) in [5.74, 6) is -0.955. The Morgan fingerprint density at radius 1 is 1.27 bits per heavy atom. The topological polar surface area (TPSA) is 66.8 Å². The number of carbonyl (C=O) groups excluding carboxylic acids is 1. The molecule has 0 radical (unpaired) electrons. The normalized spacial score (nSPS) is 10.4. The van der Waals surface area contributed by atoms with Gasteiger partial charge in [0.2, 0.25) is 5.75 Å². The molecule has 0 aliphatic heterocycles. The number of benzene rings is 1. The average Bonchev–Trinajstić information content (AvgIpc) is 2.12. The predicted molar refractivity (Wildman–Crippen MR) is 55.5 cm³/mol. The highest BCUT2D eigenvalue weighted by Crippen LogP contribution is 2.38. The SMILES string of the molecule is CC(=O)c1ccc(OC(C)C)c(O)c1O. The van der Waals surface area contributed by atoms with Crippen molar-refractivity contribution in [2.45, 2.75) is 26.9 Å². The zero-order valence-electron chi connectivity index (χ0n) is 8.94. The van der Waals surface area contributed by atoms with Crippen molar-refractivity contribution in [2.75, 3.05) is 0 Å². The zero-order chi connectivity index (χ0) is 11.6. The molecule has 0 heterocycles. The highest BCUT2D eigenvalue weighted by Gasteiger charge is 2.15. The van der Waals surface area contributed by atoms with E-state index >= 15 is 0 Å². The second kappa shape index (κ2) is 4.21. The van der Waals surface area contributed by atoms with Gasteiger partial charge in [0, 0.05) is 0 Å². The molecule has 82 valence electrons. The molecule has 0 atom stereocenters. The molecule has 0 unspecified atom stereocenters. The van der Waals surface area contributed by atoms with Crippen molar-refractivity contribution >= 4 is 5.78 Å². The largest absolute Gasteiger partial charge is 0.504 e. The molecule has 0 spiro atoms. The highest BCUT2D eigenvalue weighted by atomic mass is 16.5. The fourth-order valence-electron chi connectivity index (χ4n) is 1.19. The van der Waals surface area contributed by atoms with Gasteiger partial charge in [0.1, 0.15) is 0 Å². The van der Waals surface area contributed by atoms with E-state index in [2.05, 4.69) is 0 Å². The summed E-state index contributed by atoms with van der Waals surface area (Å²) in [6.45, 7) is 4.92. The highest BCUT2D eigenvalue weighted by molar-refractivity contribution is 5.97. The van der Waals surface area contributed by atoms with Crippen LogP contribution >= 0.6 is 0 Å². The van der Waals surface area contributed by atoms with Crippen LogP contribution in [0.1, 0.15) is 31.1 Å². The number of hydrogen-bond donors (Lipinski definition) is 2. The van der Waals surface area contributed by atoms with E-state index in [-0.39, 0.29) is 23.2 Å². The van der Waals surface area contributed by atoms with E-state index in [1.54, 1.807) is 13.8 Å². The van der Waals surface area contributed by atoms with Crippen molar-refractivity contribution in [3.63, 3.8) is 0 Å². The molecular formula is C11H14O4. The van der Waals surface area contributed by atoms with Gasteiger partial charge in [-0.3, -0.25) is 4.79 Å². The van der Waals surface area contributed by atoms with Crippen LogP contribution in [0.4, 0.5) is 0 Å². The van der Waals surface area contributed by atoms with E-state index in [9.17, 15) is 15.0 Å². The van der Waals surface area contributed by atoms with Gasteiger partial charge in [-0.05, 0) is 32.9 Å². The maximum Gasteiger partial charge on any atom is 0.201 e. The smallest absolute Gasteiger partial charge is 0.201 e. The van der Waals surface area contributed by atoms with Gasteiger partial charge in [0.05, 0.1) is 11.7 Å². The average molecular weight is 210 g/mol. The van der Waals surface area contributed by atoms with Gasteiger partial charge in [0.15, 0.2) is 17.3 Å². The van der Waals surface area contributed by atoms with Crippen LogP contribution in [0.3, 0.4) is 0 Å². The molecule has 0 saturated carbocycles. The molecule has 0 bridgehead atoms. The number of hydrogen-bond acceptors (Lipinski definition) is 4. The van der Waals surface area contributed by atoms with Crippen molar-refractivity contribution in [1.82, 2.24) is 0 Å². The van der Waals surface area contributed by atoms with Crippen molar-refractivity contribution in [2.24, 2.45) is 0 Å². The predicted octanol–water partition coefficient (Wildman–Crippen LogP) is 2.09. The first kappa shape index (κ1) is 11.4. The molecule has 4 heteroatoms. The first-order valence-corrected chi connectivity index (χ1v) is 4.66. The van der Waals surface area contributed by atoms with Crippen LogP contribution < -0.4 is 4.74 Å². The molecule has 0 aliphatic carbocycles. The first-order chi connectivity index (χ1) is 6.93. The molecule has 2 N–H and O–H groups in total. The Balaban J connectivity index is 3.15. The minimum absolute atomic E-state index is 0.0867. The number of carbonyl (C=O) groups is 1. The lowest BCUT2D eigenvalue weighted by molar-refractivity contribution is 0.101. The summed E-state index contributed by atoms with van der Waals surface area (Å²) in [6, 6.07) is 2.89. The Morgan fingerprint density at radius 3 is 2.33 bits per heavy atom. The van der Waals surface area contributed by atoms with E-state index in [1.165, 1.54) is 19.1 Å². The molecule has 0 amide bonds. The van der Waals surface area contributed by atoms with Gasteiger partial charge in [-0.25, -0.2) is 0 Å². The maximum absolute atomic E-state index is 11.0. The molecule has 15 heavy (non-hydrogen) atoms. The lowest BCUT2D eigenvalue weighted by atomic mass is 10.1. The quantitative estimate of drug-likeness (QED) is 0.592. The van der Waals surface area contributed by atoms with Gasteiger partial charge < -0.3 is 14.9 Å². The van der Waals surface area contributed by atoms with Gasteiger partial charge >= 0.3 is 0 Å². The third kappa shape index (κ3) is 2.40. The van der Waals surface area contributed by atoms with Crippen LogP contribution in [0.5, 0.6) is 17.2 Å². The standard InChI is InChI=1S/C11H14O4/c1-6(2)15-9-5-4-8(7(3)12)10(13)11(9)14/h4-6,13-14H,1-3H3. The minimum Gasteiger partial charge on any atom is -0.504 e. The van der Waals surface area contributed by atoms with Crippen molar-refractivity contribution in [3.05, 3.63) is 17.7 Å². The number of rotatable bonds is 3. The monoisotopic (exact) mass is 210 g/mol. The molecule has 0 aromatic heterocycles. The summed E-state index contributed by atoms with van der Waals surface area (Å²) in [7, 11) is 0. The van der Waals surface area contributed by atoms with Gasteiger partial charge in [-0.1, -0.05) is 0 Å². The molecule has 0 aliphatic rings. The Morgan fingerprint density at radius 2 is 1.87 bits per heavy atom. The van der Waals surface area contributed by atoms with E-state index < -0.39 is 11.5 Å². The van der Waals surface area contributed by atoms with Crippen molar-refractivity contribution in [1.29, 1.82) is 0 Å². The van der Waals surface area contributed by atoms with Crippen LogP contribution in [-0.4, -0.2) is 22.1 Å². The van der Waals surface area contributed by atoms with Crippen LogP contribution in [0, 0.1) is 0 Å². The van der Waals surface area contributed by atoms with Gasteiger partial charge in [-0.15, -0.1) is 0 Å². The first-order valence-electron chi connectivity index (χ1n) is 4.66. The summed E-state index contributed by atoms with van der Waals surface area (Å²) in [6.07, 6.45) is -0.113. The fraction of sp³-hybridized carbons (Fsp3) is 0.364. The number of Topliss-reactive ketones (excluding diaryl/α,β-unsaturated/α-hetero) is 1. The summed E-state index contributed by atoms with van der Waals surface area (Å²) in [4.78, 5) is 11.0. The number of aromatic hydroxyl groups is 2. The van der Waals surface area contributed by atoms with E-state index in [1.807, 2.05) is 0 Å². The summed E-state index contributed by atoms with van der Waals surface area (Å²) in [5, 5.41) is 19.1. The van der Waals surface area contributed by atoms with Crippen LogP contribution in [0.15, 0.2) is 12.1 Å². The molecule has 0 saturated heterocycles. The molecule has 4 nitrogen and oxygen atoms in total. The lowest BCUT2D eigenvalue weighted by Gasteiger charge is -2.13. The third-order valence-corrected chi connectivity index (χ3v) is 1.86. The van der Waals surface area contributed by atoms with Gasteiger partial charge in [-0.2, -0.15) is 0 Å².